The second-order valence-corrected chi connectivity index (χ2v) is 7.64. The fraction of sp³-hybridized carbons (Fsp3) is 0.286. The van der Waals surface area contributed by atoms with E-state index in [0.717, 1.165) is 43.3 Å². The number of nitrogens with zero attached hydrogens (tertiary/aromatic N) is 4. The molecule has 0 aliphatic carbocycles. The molecule has 0 saturated carbocycles. The van der Waals surface area contributed by atoms with Gasteiger partial charge in [-0.25, -0.2) is 4.98 Å². The van der Waals surface area contributed by atoms with E-state index in [9.17, 15) is 0 Å². The van der Waals surface area contributed by atoms with Crippen LogP contribution in [-0.4, -0.2) is 40.6 Å². The van der Waals surface area contributed by atoms with Crippen molar-refractivity contribution in [1.82, 2.24) is 14.5 Å². The Kier molecular flexibility index (Phi) is 5.67. The summed E-state index contributed by atoms with van der Waals surface area (Å²) in [6, 6.07) is 16.6. The van der Waals surface area contributed by atoms with Gasteiger partial charge in [0.05, 0.1) is 12.4 Å². The molecule has 0 radical (unpaired) electrons. The summed E-state index contributed by atoms with van der Waals surface area (Å²) < 4.78 is 2.11. The number of aromatic nitrogens is 2. The minimum atomic E-state index is 0.182. The largest absolute Gasteiger partial charge is 0.369 e. The van der Waals surface area contributed by atoms with Crippen molar-refractivity contribution in [2.75, 3.05) is 31.1 Å². The van der Waals surface area contributed by atoms with Crippen molar-refractivity contribution < 1.29 is 0 Å². The highest BCUT2D eigenvalue weighted by Crippen LogP contribution is 2.32. The molecule has 1 aromatic heterocycles. The van der Waals surface area contributed by atoms with Gasteiger partial charge in [0.15, 0.2) is 0 Å². The van der Waals surface area contributed by atoms with Crippen molar-refractivity contribution in [2.24, 2.45) is 0 Å². The Morgan fingerprint density at radius 1 is 0.963 bits per heavy atom. The predicted molar refractivity (Wildman–Crippen MR) is 112 cm³/mol. The second kappa shape index (κ2) is 8.34. The van der Waals surface area contributed by atoms with E-state index in [-0.39, 0.29) is 6.04 Å². The number of para-hydroxylation sites is 1. The molecule has 0 bridgehead atoms. The first kappa shape index (κ1) is 18.4. The molecule has 0 spiro atoms. The number of benzene rings is 2. The lowest BCUT2D eigenvalue weighted by Gasteiger charge is -2.40. The molecule has 2 aromatic carbocycles. The summed E-state index contributed by atoms with van der Waals surface area (Å²) in [4.78, 5) is 9.13. The Bertz CT molecular complexity index is 859. The molecular formula is C21H22Cl2N4. The monoisotopic (exact) mass is 400 g/mol. The van der Waals surface area contributed by atoms with Crippen molar-refractivity contribution >= 4 is 28.9 Å². The normalized spacial score (nSPS) is 16.4. The number of imidazole rings is 1. The predicted octanol–water partition coefficient (Wildman–Crippen LogP) is 4.75. The van der Waals surface area contributed by atoms with Crippen molar-refractivity contribution in [3.63, 3.8) is 0 Å². The maximum atomic E-state index is 6.56. The van der Waals surface area contributed by atoms with Crippen molar-refractivity contribution in [2.45, 2.75) is 12.6 Å². The number of piperazine rings is 1. The van der Waals surface area contributed by atoms with Crippen LogP contribution < -0.4 is 4.90 Å². The van der Waals surface area contributed by atoms with Crippen molar-refractivity contribution in [3.05, 3.63) is 82.9 Å². The van der Waals surface area contributed by atoms with Crippen molar-refractivity contribution in [1.29, 1.82) is 0 Å². The third-order valence-corrected chi connectivity index (χ3v) is 5.70. The summed E-state index contributed by atoms with van der Waals surface area (Å²) in [7, 11) is 0. The fourth-order valence-electron chi connectivity index (χ4n) is 3.71. The molecule has 1 atom stereocenters. The third-order valence-electron chi connectivity index (χ3n) is 5.14. The average molecular weight is 401 g/mol. The first-order valence-corrected chi connectivity index (χ1v) is 9.91. The van der Waals surface area contributed by atoms with Gasteiger partial charge in [-0.15, -0.1) is 0 Å². The van der Waals surface area contributed by atoms with Crippen LogP contribution in [-0.2, 0) is 6.54 Å². The van der Waals surface area contributed by atoms with Gasteiger partial charge >= 0.3 is 0 Å². The van der Waals surface area contributed by atoms with Gasteiger partial charge in [0, 0.05) is 60.9 Å². The molecule has 4 rings (SSSR count). The molecule has 1 unspecified atom stereocenters. The van der Waals surface area contributed by atoms with Crippen LogP contribution in [0.3, 0.4) is 0 Å². The van der Waals surface area contributed by atoms with Gasteiger partial charge in [0.25, 0.3) is 0 Å². The zero-order valence-electron chi connectivity index (χ0n) is 15.0. The van der Waals surface area contributed by atoms with Crippen LogP contribution in [0.25, 0.3) is 0 Å². The number of anilines is 1. The van der Waals surface area contributed by atoms with Crippen LogP contribution in [0.1, 0.15) is 11.6 Å². The molecule has 4 nitrogen and oxygen atoms in total. The lowest BCUT2D eigenvalue weighted by molar-refractivity contribution is 0.169. The SMILES string of the molecule is Clc1ccc(C(Cn2ccnc2)N2CCN(c3ccccc3)CC2)c(Cl)c1. The third kappa shape index (κ3) is 4.29. The zero-order chi connectivity index (χ0) is 18.6. The van der Waals surface area contributed by atoms with Crippen LogP contribution >= 0.6 is 23.2 Å². The number of hydrogen-bond acceptors (Lipinski definition) is 3. The highest BCUT2D eigenvalue weighted by atomic mass is 35.5. The molecule has 1 saturated heterocycles. The Morgan fingerprint density at radius 2 is 1.74 bits per heavy atom. The lowest BCUT2D eigenvalue weighted by Crippen LogP contribution is -2.48. The van der Waals surface area contributed by atoms with Gasteiger partial charge in [-0.2, -0.15) is 0 Å². The average Bonchev–Trinajstić information content (AvgIpc) is 3.21. The Hall–Kier alpha value is -2.01. The number of rotatable bonds is 5. The highest BCUT2D eigenvalue weighted by Gasteiger charge is 2.27. The van der Waals surface area contributed by atoms with Gasteiger partial charge < -0.3 is 9.47 Å². The van der Waals surface area contributed by atoms with E-state index in [1.165, 1.54) is 5.69 Å². The topological polar surface area (TPSA) is 24.3 Å². The van der Waals surface area contributed by atoms with E-state index in [2.05, 4.69) is 55.7 Å². The summed E-state index contributed by atoms with van der Waals surface area (Å²) in [5.74, 6) is 0. The van der Waals surface area contributed by atoms with E-state index in [4.69, 9.17) is 23.2 Å². The summed E-state index contributed by atoms with van der Waals surface area (Å²) in [5.41, 5.74) is 2.40. The molecule has 6 heteroatoms. The smallest absolute Gasteiger partial charge is 0.0946 e. The van der Waals surface area contributed by atoms with Crippen LogP contribution in [0, 0.1) is 0 Å². The molecule has 0 amide bonds. The summed E-state index contributed by atoms with van der Waals surface area (Å²) in [6.45, 7) is 4.76. The number of hydrogen-bond donors (Lipinski definition) is 0. The van der Waals surface area contributed by atoms with Gasteiger partial charge in [0.2, 0.25) is 0 Å². The van der Waals surface area contributed by atoms with Crippen molar-refractivity contribution in [3.8, 4) is 0 Å². The van der Waals surface area contributed by atoms with Gasteiger partial charge in [0.1, 0.15) is 0 Å². The highest BCUT2D eigenvalue weighted by molar-refractivity contribution is 6.35. The standard InChI is InChI=1S/C21H22Cl2N4/c22-17-6-7-19(20(23)14-17)21(15-25-9-8-24-16-25)27-12-10-26(11-13-27)18-4-2-1-3-5-18/h1-9,14,16,21H,10-13,15H2. The van der Waals surface area contributed by atoms with E-state index in [1.54, 1.807) is 0 Å². The molecular weight excluding hydrogens is 379 g/mol. The van der Waals surface area contributed by atoms with Gasteiger partial charge in [-0.05, 0) is 29.8 Å². The summed E-state index contributed by atoms with van der Waals surface area (Å²) in [5, 5.41) is 1.39. The molecule has 3 aromatic rings. The van der Waals surface area contributed by atoms with Gasteiger partial charge in [-0.1, -0.05) is 47.5 Å². The van der Waals surface area contributed by atoms with E-state index in [0.29, 0.717) is 5.02 Å². The maximum Gasteiger partial charge on any atom is 0.0946 e. The molecule has 2 heterocycles. The first-order chi connectivity index (χ1) is 13.2. The van der Waals surface area contributed by atoms with Crippen LogP contribution in [0.5, 0.6) is 0 Å². The Balaban J connectivity index is 1.54. The Labute approximate surface area is 169 Å². The molecule has 1 aliphatic heterocycles. The summed E-state index contributed by atoms with van der Waals surface area (Å²) >= 11 is 12.7. The minimum Gasteiger partial charge on any atom is -0.369 e. The summed E-state index contributed by atoms with van der Waals surface area (Å²) in [6.07, 6.45) is 5.67. The van der Waals surface area contributed by atoms with E-state index >= 15 is 0 Å². The van der Waals surface area contributed by atoms with Crippen LogP contribution in [0.2, 0.25) is 10.0 Å². The van der Waals surface area contributed by atoms with Crippen LogP contribution in [0.15, 0.2) is 67.3 Å². The molecule has 1 fully saturated rings. The fourth-order valence-corrected chi connectivity index (χ4v) is 4.24. The molecule has 140 valence electrons. The lowest BCUT2D eigenvalue weighted by atomic mass is 10.0. The first-order valence-electron chi connectivity index (χ1n) is 9.15. The minimum absolute atomic E-state index is 0.182. The van der Waals surface area contributed by atoms with E-state index < -0.39 is 0 Å². The van der Waals surface area contributed by atoms with E-state index in [1.807, 2.05) is 30.9 Å². The number of halogens is 2. The quantitative estimate of drug-likeness (QED) is 0.617. The van der Waals surface area contributed by atoms with Gasteiger partial charge in [-0.3, -0.25) is 4.90 Å². The molecule has 27 heavy (non-hydrogen) atoms. The van der Waals surface area contributed by atoms with Crippen LogP contribution in [0.4, 0.5) is 5.69 Å². The zero-order valence-corrected chi connectivity index (χ0v) is 16.5. The molecule has 1 aliphatic rings. The maximum absolute atomic E-state index is 6.56. The molecule has 0 N–H and O–H groups in total. The second-order valence-electron chi connectivity index (χ2n) is 6.80. The Morgan fingerprint density at radius 3 is 2.41 bits per heavy atom.